The number of hydrogen-bond donors (Lipinski definition) is 1. The first-order valence-corrected chi connectivity index (χ1v) is 11.4. The first-order valence-electron chi connectivity index (χ1n) is 10.5. The van der Waals surface area contributed by atoms with E-state index in [9.17, 15) is 4.79 Å². The lowest BCUT2D eigenvalue weighted by Crippen LogP contribution is -2.07. The van der Waals surface area contributed by atoms with E-state index < -0.39 is 0 Å². The highest BCUT2D eigenvalue weighted by molar-refractivity contribution is 7.14. The van der Waals surface area contributed by atoms with Crippen LogP contribution in [0, 0.1) is 6.92 Å². The highest BCUT2D eigenvalue weighted by Gasteiger charge is 2.08. The van der Waals surface area contributed by atoms with Gasteiger partial charge in [-0.05, 0) is 41.8 Å². The third-order valence-electron chi connectivity index (χ3n) is 5.06. The summed E-state index contributed by atoms with van der Waals surface area (Å²) in [6.45, 7) is 2.52. The summed E-state index contributed by atoms with van der Waals surface area (Å²) in [7, 11) is 1.60. The molecule has 0 bridgehead atoms. The molecule has 166 valence electrons. The molecule has 3 aromatic carbocycles. The van der Waals surface area contributed by atoms with E-state index in [2.05, 4.69) is 23.3 Å². The van der Waals surface area contributed by atoms with Crippen molar-refractivity contribution >= 4 is 28.5 Å². The van der Waals surface area contributed by atoms with Crippen LogP contribution in [-0.4, -0.2) is 18.0 Å². The lowest BCUT2D eigenvalue weighted by molar-refractivity contribution is -0.111. The van der Waals surface area contributed by atoms with Crippen molar-refractivity contribution in [2.75, 3.05) is 12.4 Å². The maximum Gasteiger partial charge on any atom is 0.250 e. The molecule has 6 heteroatoms. The van der Waals surface area contributed by atoms with Crippen molar-refractivity contribution < 1.29 is 14.3 Å². The second-order valence-electron chi connectivity index (χ2n) is 7.35. The maximum absolute atomic E-state index is 12.4. The number of carbonyl (C=O) groups is 1. The van der Waals surface area contributed by atoms with Gasteiger partial charge in [-0.1, -0.05) is 60.7 Å². The first-order chi connectivity index (χ1) is 16.1. The average molecular weight is 457 g/mol. The molecule has 0 spiro atoms. The Labute approximate surface area is 197 Å². The molecule has 0 aliphatic heterocycles. The summed E-state index contributed by atoms with van der Waals surface area (Å²) in [5, 5.41) is 5.29. The van der Waals surface area contributed by atoms with E-state index in [0.717, 1.165) is 22.4 Å². The summed E-state index contributed by atoms with van der Waals surface area (Å²) in [5.74, 6) is 1.01. The van der Waals surface area contributed by atoms with Gasteiger partial charge in [-0.3, -0.25) is 10.1 Å². The molecule has 1 aromatic heterocycles. The Kier molecular flexibility index (Phi) is 7.17. The monoisotopic (exact) mass is 456 g/mol. The number of anilines is 1. The molecule has 0 saturated heterocycles. The SMILES string of the molecule is COc1cc(/C=C/C(=O)Nc2nc(-c3ccccc3)cs2)ccc1OCc1ccccc1C. The summed E-state index contributed by atoms with van der Waals surface area (Å²) in [6.07, 6.45) is 3.21. The highest BCUT2D eigenvalue weighted by atomic mass is 32.1. The smallest absolute Gasteiger partial charge is 0.250 e. The number of aromatic nitrogens is 1. The number of benzene rings is 3. The molecule has 0 fully saturated rings. The molecular weight excluding hydrogens is 432 g/mol. The van der Waals surface area contributed by atoms with Crippen LogP contribution in [0.1, 0.15) is 16.7 Å². The molecule has 5 nitrogen and oxygen atoms in total. The number of methoxy groups -OCH3 is 1. The number of thiazole rings is 1. The van der Waals surface area contributed by atoms with Crippen LogP contribution in [0.15, 0.2) is 84.3 Å². The van der Waals surface area contributed by atoms with Crippen LogP contribution >= 0.6 is 11.3 Å². The Morgan fingerprint density at radius 1 is 1.03 bits per heavy atom. The van der Waals surface area contributed by atoms with Gasteiger partial charge in [-0.2, -0.15) is 0 Å². The fraction of sp³-hybridized carbons (Fsp3) is 0.111. The fourth-order valence-corrected chi connectivity index (χ4v) is 3.95. The predicted octanol–water partition coefficient (Wildman–Crippen LogP) is 6.36. The highest BCUT2D eigenvalue weighted by Crippen LogP contribution is 2.30. The number of carbonyl (C=O) groups excluding carboxylic acids is 1. The zero-order valence-electron chi connectivity index (χ0n) is 18.4. The van der Waals surface area contributed by atoms with Gasteiger partial charge in [0.05, 0.1) is 12.8 Å². The van der Waals surface area contributed by atoms with Crippen LogP contribution in [-0.2, 0) is 11.4 Å². The molecule has 1 N–H and O–H groups in total. The Morgan fingerprint density at radius 2 is 1.82 bits per heavy atom. The standard InChI is InChI=1S/C27H24N2O3S/c1-19-8-6-7-11-22(19)17-32-24-14-12-20(16-25(24)31-2)13-15-26(30)29-27-28-23(18-33-27)21-9-4-3-5-10-21/h3-16,18H,17H2,1-2H3,(H,28,29,30)/b15-13+. The van der Waals surface area contributed by atoms with Gasteiger partial charge >= 0.3 is 0 Å². The van der Waals surface area contributed by atoms with E-state index in [1.54, 1.807) is 13.2 Å². The van der Waals surface area contributed by atoms with Crippen molar-refractivity contribution in [3.63, 3.8) is 0 Å². The summed E-state index contributed by atoms with van der Waals surface area (Å²) >= 11 is 1.39. The number of hydrogen-bond acceptors (Lipinski definition) is 5. The number of rotatable bonds is 8. The van der Waals surface area contributed by atoms with E-state index in [4.69, 9.17) is 9.47 Å². The van der Waals surface area contributed by atoms with Crippen molar-refractivity contribution in [3.8, 4) is 22.8 Å². The van der Waals surface area contributed by atoms with Crippen LogP contribution in [0.25, 0.3) is 17.3 Å². The van der Waals surface area contributed by atoms with Crippen LogP contribution < -0.4 is 14.8 Å². The van der Waals surface area contributed by atoms with Gasteiger partial charge in [0.1, 0.15) is 6.61 Å². The summed E-state index contributed by atoms with van der Waals surface area (Å²) in [5.41, 5.74) is 4.98. The van der Waals surface area contributed by atoms with Crippen LogP contribution in [0.4, 0.5) is 5.13 Å². The Balaban J connectivity index is 1.38. The number of nitrogens with zero attached hydrogens (tertiary/aromatic N) is 1. The summed E-state index contributed by atoms with van der Waals surface area (Å²) < 4.78 is 11.4. The topological polar surface area (TPSA) is 60.5 Å². The average Bonchev–Trinajstić information content (AvgIpc) is 3.31. The van der Waals surface area contributed by atoms with Crippen molar-refractivity contribution in [1.29, 1.82) is 0 Å². The molecule has 1 heterocycles. The Morgan fingerprint density at radius 3 is 2.61 bits per heavy atom. The van der Waals surface area contributed by atoms with E-state index >= 15 is 0 Å². The normalized spacial score (nSPS) is 10.8. The van der Waals surface area contributed by atoms with Gasteiger partial charge < -0.3 is 9.47 Å². The van der Waals surface area contributed by atoms with Crippen LogP contribution in [0.2, 0.25) is 0 Å². The summed E-state index contributed by atoms with van der Waals surface area (Å²) in [6, 6.07) is 23.5. The number of nitrogens with one attached hydrogen (secondary N) is 1. The molecule has 33 heavy (non-hydrogen) atoms. The van der Waals surface area contributed by atoms with E-state index in [1.165, 1.54) is 23.0 Å². The van der Waals surface area contributed by atoms with Gasteiger partial charge in [0.25, 0.3) is 0 Å². The number of amides is 1. The Bertz CT molecular complexity index is 1270. The molecule has 0 unspecified atom stereocenters. The lowest BCUT2D eigenvalue weighted by atomic mass is 10.1. The van der Waals surface area contributed by atoms with Gasteiger partial charge in [-0.15, -0.1) is 11.3 Å². The zero-order valence-corrected chi connectivity index (χ0v) is 19.3. The molecule has 0 atom stereocenters. The molecular formula is C27H24N2O3S. The quantitative estimate of drug-likeness (QED) is 0.314. The minimum atomic E-state index is -0.247. The van der Waals surface area contributed by atoms with Crippen molar-refractivity contribution in [1.82, 2.24) is 4.98 Å². The minimum Gasteiger partial charge on any atom is -0.493 e. The fourth-order valence-electron chi connectivity index (χ4n) is 3.23. The first kappa shape index (κ1) is 22.3. The maximum atomic E-state index is 12.4. The van der Waals surface area contributed by atoms with Crippen molar-refractivity contribution in [2.24, 2.45) is 0 Å². The van der Waals surface area contributed by atoms with Crippen LogP contribution in [0.3, 0.4) is 0 Å². The number of ether oxygens (including phenoxy) is 2. The molecule has 0 saturated carbocycles. The second kappa shape index (κ2) is 10.6. The Hall–Kier alpha value is -3.90. The molecule has 0 aliphatic rings. The minimum absolute atomic E-state index is 0.247. The van der Waals surface area contributed by atoms with E-state index in [0.29, 0.717) is 23.2 Å². The molecule has 0 radical (unpaired) electrons. The van der Waals surface area contributed by atoms with Crippen molar-refractivity contribution in [3.05, 3.63) is 101 Å². The van der Waals surface area contributed by atoms with E-state index in [1.807, 2.05) is 72.1 Å². The molecule has 0 aliphatic carbocycles. The van der Waals surface area contributed by atoms with Gasteiger partial charge in [-0.25, -0.2) is 4.98 Å². The van der Waals surface area contributed by atoms with Gasteiger partial charge in [0, 0.05) is 17.0 Å². The molecule has 4 rings (SSSR count). The third-order valence-corrected chi connectivity index (χ3v) is 5.82. The summed E-state index contributed by atoms with van der Waals surface area (Å²) in [4.78, 5) is 16.8. The van der Waals surface area contributed by atoms with Crippen molar-refractivity contribution in [2.45, 2.75) is 13.5 Å². The second-order valence-corrected chi connectivity index (χ2v) is 8.21. The largest absolute Gasteiger partial charge is 0.493 e. The van der Waals surface area contributed by atoms with Gasteiger partial charge in [0.15, 0.2) is 16.6 Å². The number of aryl methyl sites for hydroxylation is 1. The van der Waals surface area contributed by atoms with Crippen LogP contribution in [0.5, 0.6) is 11.5 Å². The molecule has 1 amide bonds. The van der Waals surface area contributed by atoms with Gasteiger partial charge in [0.2, 0.25) is 5.91 Å². The van der Waals surface area contributed by atoms with E-state index in [-0.39, 0.29) is 5.91 Å². The predicted molar refractivity (Wildman–Crippen MR) is 134 cm³/mol. The third kappa shape index (κ3) is 5.87. The molecule has 4 aromatic rings. The zero-order chi connectivity index (χ0) is 23.0. The lowest BCUT2D eigenvalue weighted by Gasteiger charge is -2.12.